The van der Waals surface area contributed by atoms with Gasteiger partial charge in [0.05, 0.1) is 6.61 Å². The Kier molecular flexibility index (Phi) is 11.6. The van der Waals surface area contributed by atoms with Gasteiger partial charge in [0.15, 0.2) is 11.6 Å². The van der Waals surface area contributed by atoms with Gasteiger partial charge in [-0.25, -0.2) is 0 Å². The molecule has 0 saturated heterocycles. The summed E-state index contributed by atoms with van der Waals surface area (Å²) in [7, 11) is 0. The number of unbranched alkanes of at least 4 members (excludes halogenated alkanes) is 15. The van der Waals surface area contributed by atoms with Crippen LogP contribution in [0, 0.1) is 0 Å². The Morgan fingerprint density at radius 3 is 1.44 bits per heavy atom. The zero-order valence-corrected chi connectivity index (χ0v) is 23.9. The molecule has 3 aromatic carbocycles. The average molecular weight is 527 g/mol. The molecule has 0 heterocycles. The normalized spacial score (nSPS) is 12.5. The number of ether oxygens (including phenoxy) is 1. The summed E-state index contributed by atoms with van der Waals surface area (Å²) < 4.78 is 5.97. The maximum Gasteiger partial charge on any atom is 0.194 e. The summed E-state index contributed by atoms with van der Waals surface area (Å²) >= 11 is 0. The van der Waals surface area contributed by atoms with Gasteiger partial charge in [-0.05, 0) is 47.5 Å². The smallest absolute Gasteiger partial charge is 0.194 e. The lowest BCUT2D eigenvalue weighted by atomic mass is 9.82. The fourth-order valence-corrected chi connectivity index (χ4v) is 5.75. The van der Waals surface area contributed by atoms with E-state index in [1.807, 2.05) is 42.5 Å². The van der Waals surface area contributed by atoms with Crippen molar-refractivity contribution in [3.63, 3.8) is 0 Å². The van der Waals surface area contributed by atoms with Crippen LogP contribution >= 0.6 is 0 Å². The molecule has 0 spiro atoms. The van der Waals surface area contributed by atoms with E-state index in [2.05, 4.69) is 6.92 Å². The standard InChI is InChI=1S/C36H46O3/c1-2-3-4-5-6-7-8-9-10-11-12-13-14-15-16-19-24-39-30-22-23-31-34(27-30)36(38)33-26-29-21-18-17-20-28(29)25-32(33)35(31)37/h17-18,20-23,25-27H,2-16,19,24H2,1H3. The van der Waals surface area contributed by atoms with Crippen LogP contribution < -0.4 is 4.74 Å². The molecule has 39 heavy (non-hydrogen) atoms. The van der Waals surface area contributed by atoms with E-state index < -0.39 is 0 Å². The van der Waals surface area contributed by atoms with Gasteiger partial charge in [-0.2, -0.15) is 0 Å². The minimum atomic E-state index is -0.0989. The molecule has 3 nitrogen and oxygen atoms in total. The van der Waals surface area contributed by atoms with E-state index in [9.17, 15) is 9.59 Å². The molecule has 0 aromatic heterocycles. The summed E-state index contributed by atoms with van der Waals surface area (Å²) in [6.45, 7) is 2.92. The number of fused-ring (bicyclic) bond motifs is 3. The maximum atomic E-state index is 13.3. The van der Waals surface area contributed by atoms with Crippen molar-refractivity contribution in [2.45, 2.75) is 110 Å². The Morgan fingerprint density at radius 1 is 0.487 bits per heavy atom. The first-order valence-corrected chi connectivity index (χ1v) is 15.6. The summed E-state index contributed by atoms with van der Waals surface area (Å²) in [6, 6.07) is 16.8. The molecule has 0 bridgehead atoms. The van der Waals surface area contributed by atoms with E-state index >= 15 is 0 Å². The quantitative estimate of drug-likeness (QED) is 0.121. The third-order valence-corrected chi connectivity index (χ3v) is 8.12. The number of benzene rings is 3. The largest absolute Gasteiger partial charge is 0.494 e. The molecule has 0 amide bonds. The molecule has 3 aromatic rings. The lowest BCUT2D eigenvalue weighted by Crippen LogP contribution is -2.21. The summed E-state index contributed by atoms with van der Waals surface area (Å²) in [4.78, 5) is 26.4. The second kappa shape index (κ2) is 15.6. The topological polar surface area (TPSA) is 43.4 Å². The monoisotopic (exact) mass is 526 g/mol. The first-order valence-electron chi connectivity index (χ1n) is 15.6. The molecular formula is C36H46O3. The lowest BCUT2D eigenvalue weighted by Gasteiger charge is -2.19. The third kappa shape index (κ3) is 8.27. The number of carbonyl (C=O) groups is 2. The number of rotatable bonds is 18. The molecule has 0 atom stereocenters. The number of hydrogen-bond acceptors (Lipinski definition) is 3. The van der Waals surface area contributed by atoms with Gasteiger partial charge >= 0.3 is 0 Å². The van der Waals surface area contributed by atoms with Crippen molar-refractivity contribution in [1.82, 2.24) is 0 Å². The fourth-order valence-electron chi connectivity index (χ4n) is 5.75. The van der Waals surface area contributed by atoms with Crippen molar-refractivity contribution in [3.05, 3.63) is 76.9 Å². The van der Waals surface area contributed by atoms with E-state index in [4.69, 9.17) is 4.74 Å². The van der Waals surface area contributed by atoms with Gasteiger partial charge in [-0.15, -0.1) is 0 Å². The zero-order valence-electron chi connectivity index (χ0n) is 23.9. The van der Waals surface area contributed by atoms with Crippen LogP contribution in [0.15, 0.2) is 54.6 Å². The Bertz CT molecular complexity index is 1230. The Balaban J connectivity index is 1.09. The van der Waals surface area contributed by atoms with Crippen molar-refractivity contribution in [3.8, 4) is 5.75 Å². The molecule has 3 heteroatoms. The summed E-state index contributed by atoms with van der Waals surface area (Å²) in [5.74, 6) is 0.480. The first-order chi connectivity index (χ1) is 19.2. The predicted octanol–water partition coefficient (Wildman–Crippen LogP) is 10.3. The average Bonchev–Trinajstić information content (AvgIpc) is 2.96. The second-order valence-electron chi connectivity index (χ2n) is 11.3. The number of ketones is 2. The van der Waals surface area contributed by atoms with Crippen molar-refractivity contribution in [2.24, 2.45) is 0 Å². The minimum absolute atomic E-state index is 0.0882. The van der Waals surface area contributed by atoms with E-state index in [1.165, 1.54) is 96.3 Å². The van der Waals surface area contributed by atoms with Crippen LogP contribution in [0.4, 0.5) is 0 Å². The molecule has 208 valence electrons. The van der Waals surface area contributed by atoms with Crippen LogP contribution in [-0.2, 0) is 0 Å². The molecule has 0 fully saturated rings. The van der Waals surface area contributed by atoms with Gasteiger partial charge in [-0.3, -0.25) is 9.59 Å². The zero-order chi connectivity index (χ0) is 27.3. The minimum Gasteiger partial charge on any atom is -0.494 e. The van der Waals surface area contributed by atoms with Crippen molar-refractivity contribution in [2.75, 3.05) is 6.61 Å². The van der Waals surface area contributed by atoms with Crippen LogP contribution in [0.25, 0.3) is 10.8 Å². The van der Waals surface area contributed by atoms with E-state index in [1.54, 1.807) is 12.1 Å². The molecule has 0 aliphatic heterocycles. The summed E-state index contributed by atoms with van der Waals surface area (Å²) in [6.07, 6.45) is 21.5. The fraction of sp³-hybridized carbons (Fsp3) is 0.500. The van der Waals surface area contributed by atoms with Gasteiger partial charge in [-0.1, -0.05) is 128 Å². The second-order valence-corrected chi connectivity index (χ2v) is 11.3. The molecule has 0 radical (unpaired) electrons. The number of hydrogen-bond donors (Lipinski definition) is 0. The highest BCUT2D eigenvalue weighted by molar-refractivity contribution is 6.29. The highest BCUT2D eigenvalue weighted by Gasteiger charge is 2.30. The molecule has 1 aliphatic rings. The van der Waals surface area contributed by atoms with E-state index in [0.29, 0.717) is 34.6 Å². The predicted molar refractivity (Wildman–Crippen MR) is 162 cm³/mol. The Morgan fingerprint density at radius 2 is 0.923 bits per heavy atom. The Labute approximate surface area is 235 Å². The SMILES string of the molecule is CCCCCCCCCCCCCCCCCCOc1ccc2c(c1)C(=O)c1cc3ccccc3cc1C2=O. The van der Waals surface area contributed by atoms with Gasteiger partial charge in [0, 0.05) is 22.3 Å². The molecule has 0 unspecified atom stereocenters. The number of carbonyl (C=O) groups excluding carboxylic acids is 2. The molecule has 1 aliphatic carbocycles. The first kappa shape index (κ1) is 29.1. The highest BCUT2D eigenvalue weighted by Crippen LogP contribution is 2.32. The molecule has 4 rings (SSSR count). The van der Waals surface area contributed by atoms with Gasteiger partial charge in [0.1, 0.15) is 5.75 Å². The van der Waals surface area contributed by atoms with Gasteiger partial charge in [0.25, 0.3) is 0 Å². The van der Waals surface area contributed by atoms with Crippen LogP contribution in [0.2, 0.25) is 0 Å². The van der Waals surface area contributed by atoms with Crippen molar-refractivity contribution in [1.29, 1.82) is 0 Å². The van der Waals surface area contributed by atoms with Gasteiger partial charge < -0.3 is 4.74 Å². The third-order valence-electron chi connectivity index (χ3n) is 8.12. The van der Waals surface area contributed by atoms with Gasteiger partial charge in [0.2, 0.25) is 0 Å². The van der Waals surface area contributed by atoms with Crippen LogP contribution in [-0.4, -0.2) is 18.2 Å². The van der Waals surface area contributed by atoms with Crippen molar-refractivity contribution >= 4 is 22.3 Å². The van der Waals surface area contributed by atoms with Crippen LogP contribution in [0.5, 0.6) is 5.75 Å². The molecular weight excluding hydrogens is 480 g/mol. The summed E-state index contributed by atoms with van der Waals surface area (Å²) in [5.41, 5.74) is 1.90. The van der Waals surface area contributed by atoms with Crippen LogP contribution in [0.3, 0.4) is 0 Å². The van der Waals surface area contributed by atoms with E-state index in [0.717, 1.165) is 17.2 Å². The molecule has 0 saturated carbocycles. The van der Waals surface area contributed by atoms with Crippen LogP contribution in [0.1, 0.15) is 141 Å². The molecule has 0 N–H and O–H groups in total. The maximum absolute atomic E-state index is 13.3. The Hall–Kier alpha value is -2.94. The van der Waals surface area contributed by atoms with E-state index in [-0.39, 0.29) is 11.6 Å². The summed E-state index contributed by atoms with van der Waals surface area (Å²) in [5, 5.41) is 1.94. The van der Waals surface area contributed by atoms with Crippen molar-refractivity contribution < 1.29 is 14.3 Å². The lowest BCUT2D eigenvalue weighted by molar-refractivity contribution is 0.0979. The highest BCUT2D eigenvalue weighted by atomic mass is 16.5.